The third kappa shape index (κ3) is 2.89. The van der Waals surface area contributed by atoms with Gasteiger partial charge in [0.05, 0.1) is 17.8 Å². The molecule has 2 atom stereocenters. The quantitative estimate of drug-likeness (QED) is 0.806. The number of aliphatic hydroxyl groups excluding tert-OH is 1. The van der Waals surface area contributed by atoms with E-state index in [1.807, 2.05) is 30.3 Å². The number of carbonyl (C=O) groups is 1. The van der Waals surface area contributed by atoms with Crippen molar-refractivity contribution < 1.29 is 14.6 Å². The lowest BCUT2D eigenvalue weighted by molar-refractivity contribution is -0.147. The van der Waals surface area contributed by atoms with Crippen molar-refractivity contribution in [1.29, 1.82) is 0 Å². The normalized spacial score (nSPS) is 14.1. The number of carbonyl (C=O) groups excluding carboxylic acids is 1. The Kier molecular flexibility index (Phi) is 4.09. The van der Waals surface area contributed by atoms with E-state index in [4.69, 9.17) is 10.5 Å². The Morgan fingerprint density at radius 3 is 2.84 bits per heavy atom. The van der Waals surface area contributed by atoms with Gasteiger partial charge in [0.15, 0.2) is 0 Å². The number of pyridine rings is 1. The van der Waals surface area contributed by atoms with Gasteiger partial charge in [0.1, 0.15) is 12.1 Å². The minimum atomic E-state index is -1.18. The number of hydrogen-bond donors (Lipinski definition) is 2. The Morgan fingerprint density at radius 2 is 2.11 bits per heavy atom. The van der Waals surface area contributed by atoms with E-state index in [1.54, 1.807) is 13.0 Å². The Balaban J connectivity index is 2.25. The van der Waals surface area contributed by atoms with Crippen LogP contribution in [-0.4, -0.2) is 28.7 Å². The van der Waals surface area contributed by atoms with Gasteiger partial charge in [0.2, 0.25) is 0 Å². The average Bonchev–Trinajstić information content (AvgIpc) is 2.45. The molecule has 2 aromatic rings. The number of aromatic nitrogens is 1. The molecule has 3 N–H and O–H groups in total. The summed E-state index contributed by atoms with van der Waals surface area (Å²) in [5, 5.41) is 11.0. The van der Waals surface area contributed by atoms with Gasteiger partial charge in [0, 0.05) is 5.39 Å². The molecule has 2 rings (SSSR count). The zero-order valence-corrected chi connectivity index (χ0v) is 10.6. The second-order valence-corrected chi connectivity index (χ2v) is 4.15. The molecule has 0 aliphatic carbocycles. The molecule has 0 spiro atoms. The second kappa shape index (κ2) is 5.77. The molecule has 0 radical (unpaired) electrons. The number of benzene rings is 1. The van der Waals surface area contributed by atoms with Crippen molar-refractivity contribution in [3.05, 3.63) is 42.1 Å². The summed E-state index contributed by atoms with van der Waals surface area (Å²) in [6, 6.07) is 9.88. The standard InChI is InChI=1S/C14H16N2O3/c1-2-19-14(18)12(15)13(17)11-8-7-9-5-3-4-6-10(9)16-11/h3-8,12-13,17H,2,15H2,1H3. The number of nitrogens with zero attached hydrogens (tertiary/aromatic N) is 1. The van der Waals surface area contributed by atoms with E-state index >= 15 is 0 Å². The summed E-state index contributed by atoms with van der Waals surface area (Å²) in [6.45, 7) is 1.91. The number of rotatable bonds is 4. The fraction of sp³-hybridized carbons (Fsp3) is 0.286. The highest BCUT2D eigenvalue weighted by Gasteiger charge is 2.26. The average molecular weight is 260 g/mol. The maximum atomic E-state index is 11.5. The largest absolute Gasteiger partial charge is 0.465 e. The van der Waals surface area contributed by atoms with E-state index in [9.17, 15) is 9.90 Å². The second-order valence-electron chi connectivity index (χ2n) is 4.15. The lowest BCUT2D eigenvalue weighted by Gasteiger charge is -2.17. The molecule has 19 heavy (non-hydrogen) atoms. The maximum absolute atomic E-state index is 11.5. The Labute approximate surface area is 111 Å². The Hall–Kier alpha value is -1.98. The topological polar surface area (TPSA) is 85.4 Å². The van der Waals surface area contributed by atoms with Crippen LogP contribution in [0.3, 0.4) is 0 Å². The summed E-state index contributed by atoms with van der Waals surface area (Å²) in [4.78, 5) is 15.8. The van der Waals surface area contributed by atoms with Crippen LogP contribution < -0.4 is 5.73 Å². The van der Waals surface area contributed by atoms with E-state index in [-0.39, 0.29) is 6.61 Å². The molecule has 0 fully saturated rings. The van der Waals surface area contributed by atoms with Gasteiger partial charge in [-0.2, -0.15) is 0 Å². The molecule has 2 unspecified atom stereocenters. The number of hydrogen-bond acceptors (Lipinski definition) is 5. The minimum absolute atomic E-state index is 0.227. The molecule has 1 aromatic heterocycles. The van der Waals surface area contributed by atoms with E-state index < -0.39 is 18.1 Å². The first-order valence-electron chi connectivity index (χ1n) is 6.09. The highest BCUT2D eigenvalue weighted by Crippen LogP contribution is 2.18. The SMILES string of the molecule is CCOC(=O)C(N)C(O)c1ccc2ccccc2n1. The van der Waals surface area contributed by atoms with Gasteiger partial charge in [-0.1, -0.05) is 24.3 Å². The van der Waals surface area contributed by atoms with Crippen LogP contribution in [0.5, 0.6) is 0 Å². The Bertz CT molecular complexity index is 586. The number of esters is 1. The molecule has 0 saturated carbocycles. The van der Waals surface area contributed by atoms with Crippen molar-refractivity contribution in [3.63, 3.8) is 0 Å². The van der Waals surface area contributed by atoms with E-state index in [2.05, 4.69) is 4.98 Å². The lowest BCUT2D eigenvalue weighted by atomic mass is 10.1. The summed E-state index contributed by atoms with van der Waals surface area (Å²) >= 11 is 0. The van der Waals surface area contributed by atoms with Gasteiger partial charge in [-0.05, 0) is 19.1 Å². The summed E-state index contributed by atoms with van der Waals surface area (Å²) in [5.74, 6) is -0.634. The molecule has 1 aromatic carbocycles. The van der Waals surface area contributed by atoms with Gasteiger partial charge in [-0.15, -0.1) is 0 Å². The van der Waals surface area contributed by atoms with Gasteiger partial charge >= 0.3 is 5.97 Å². The first-order valence-corrected chi connectivity index (χ1v) is 6.09. The van der Waals surface area contributed by atoms with Gasteiger partial charge in [-0.25, -0.2) is 4.98 Å². The number of nitrogens with two attached hydrogens (primary N) is 1. The summed E-state index contributed by atoms with van der Waals surface area (Å²) in [6.07, 6.45) is -1.18. The zero-order chi connectivity index (χ0) is 13.8. The van der Waals surface area contributed by atoms with Gasteiger partial charge < -0.3 is 15.6 Å². The predicted molar refractivity (Wildman–Crippen MR) is 71.3 cm³/mol. The van der Waals surface area contributed by atoms with Crippen LogP contribution in [0.4, 0.5) is 0 Å². The van der Waals surface area contributed by atoms with E-state index in [0.29, 0.717) is 5.69 Å². The number of para-hydroxylation sites is 1. The van der Waals surface area contributed by atoms with Crippen molar-refractivity contribution in [2.45, 2.75) is 19.1 Å². The van der Waals surface area contributed by atoms with Crippen molar-refractivity contribution in [1.82, 2.24) is 4.98 Å². The molecule has 0 amide bonds. The van der Waals surface area contributed by atoms with Crippen LogP contribution in [0.2, 0.25) is 0 Å². The third-order valence-electron chi connectivity index (χ3n) is 2.82. The smallest absolute Gasteiger partial charge is 0.326 e. The first-order chi connectivity index (χ1) is 9.13. The fourth-order valence-electron chi connectivity index (χ4n) is 1.80. The van der Waals surface area contributed by atoms with Crippen molar-refractivity contribution in [3.8, 4) is 0 Å². The third-order valence-corrected chi connectivity index (χ3v) is 2.82. The molecule has 100 valence electrons. The first kappa shape index (κ1) is 13.5. The molecule has 0 aliphatic rings. The van der Waals surface area contributed by atoms with Crippen molar-refractivity contribution in [2.24, 2.45) is 5.73 Å². The molecular weight excluding hydrogens is 244 g/mol. The van der Waals surface area contributed by atoms with Crippen LogP contribution in [0, 0.1) is 0 Å². The molecular formula is C14H16N2O3. The predicted octanol–water partition coefficient (Wildman–Crippen LogP) is 1.16. The van der Waals surface area contributed by atoms with Crippen LogP contribution in [0.25, 0.3) is 10.9 Å². The Morgan fingerprint density at radius 1 is 1.37 bits per heavy atom. The zero-order valence-electron chi connectivity index (χ0n) is 10.6. The molecule has 0 bridgehead atoms. The van der Waals surface area contributed by atoms with Crippen LogP contribution in [0.15, 0.2) is 36.4 Å². The molecule has 0 aliphatic heterocycles. The van der Waals surface area contributed by atoms with Crippen molar-refractivity contribution >= 4 is 16.9 Å². The molecule has 0 saturated heterocycles. The van der Waals surface area contributed by atoms with Crippen LogP contribution >= 0.6 is 0 Å². The monoisotopic (exact) mass is 260 g/mol. The number of aliphatic hydroxyl groups is 1. The molecule has 5 heteroatoms. The number of fused-ring (bicyclic) bond motifs is 1. The van der Waals surface area contributed by atoms with Crippen molar-refractivity contribution in [2.75, 3.05) is 6.61 Å². The fourth-order valence-corrected chi connectivity index (χ4v) is 1.80. The van der Waals surface area contributed by atoms with Gasteiger partial charge in [0.25, 0.3) is 0 Å². The van der Waals surface area contributed by atoms with Crippen LogP contribution in [0.1, 0.15) is 18.7 Å². The molecule has 1 heterocycles. The highest BCUT2D eigenvalue weighted by molar-refractivity contribution is 5.79. The summed E-state index contributed by atoms with van der Waals surface area (Å²) in [5.41, 5.74) is 6.76. The highest BCUT2D eigenvalue weighted by atomic mass is 16.5. The maximum Gasteiger partial charge on any atom is 0.326 e. The van der Waals surface area contributed by atoms with E-state index in [1.165, 1.54) is 0 Å². The van der Waals surface area contributed by atoms with E-state index in [0.717, 1.165) is 10.9 Å². The number of ether oxygens (including phenoxy) is 1. The van der Waals surface area contributed by atoms with Gasteiger partial charge in [-0.3, -0.25) is 4.79 Å². The lowest BCUT2D eigenvalue weighted by Crippen LogP contribution is -2.38. The summed E-state index contributed by atoms with van der Waals surface area (Å²) < 4.78 is 4.78. The minimum Gasteiger partial charge on any atom is -0.465 e. The molecule has 5 nitrogen and oxygen atoms in total. The van der Waals surface area contributed by atoms with Crippen LogP contribution in [-0.2, 0) is 9.53 Å². The summed E-state index contributed by atoms with van der Waals surface area (Å²) in [7, 11) is 0.